The highest BCUT2D eigenvalue weighted by Crippen LogP contribution is 2.11. The molecule has 1 rings (SSSR count). The predicted octanol–water partition coefficient (Wildman–Crippen LogP) is -0.608. The topological polar surface area (TPSA) is 113 Å². The van der Waals surface area contributed by atoms with Crippen LogP contribution >= 0.6 is 0 Å². The summed E-state index contributed by atoms with van der Waals surface area (Å²) in [6.45, 7) is 0.282. The highest BCUT2D eigenvalue weighted by atomic mass is 16.3. The Morgan fingerprint density at radius 2 is 2.05 bits per heavy atom. The number of carbonyl (C=O) groups is 2. The van der Waals surface area contributed by atoms with Crippen molar-refractivity contribution in [1.82, 2.24) is 5.32 Å². The third kappa shape index (κ3) is 4.99. The normalized spacial score (nSPS) is 11.9. The summed E-state index contributed by atoms with van der Waals surface area (Å²) in [5.41, 5.74) is 6.27. The Morgan fingerprint density at radius 3 is 2.70 bits per heavy atom. The fourth-order valence-electron chi connectivity index (χ4n) is 1.68. The van der Waals surface area contributed by atoms with E-state index < -0.39 is 17.9 Å². The second-order valence-electron chi connectivity index (χ2n) is 4.27. The lowest BCUT2D eigenvalue weighted by atomic mass is 10.0. The lowest BCUT2D eigenvalue weighted by Crippen LogP contribution is -2.36. The maximum Gasteiger partial charge on any atom is 0.249 e. The molecule has 0 unspecified atom stereocenters. The lowest BCUT2D eigenvalue weighted by molar-refractivity contribution is -0.127. The van der Waals surface area contributed by atoms with Crippen LogP contribution in [0.4, 0.5) is 0 Å². The number of primary amides is 1. The standard InChI is InChI=1S/C14H19N2O4/c15-13(19)11-5-2-1-4-10(11)6-7-12(18)14(20)16-8-3-9-17/h1-2,4-5,7,12,17-18H,3,6,8-9H2,(H2,15,19)(H,16,20)/t12-/m0/s1. The number of aliphatic hydroxyl groups excluding tert-OH is 2. The second kappa shape index (κ2) is 8.29. The van der Waals surface area contributed by atoms with Crippen molar-refractivity contribution in [1.29, 1.82) is 0 Å². The molecule has 0 spiro atoms. The van der Waals surface area contributed by atoms with Gasteiger partial charge in [0, 0.05) is 25.1 Å². The van der Waals surface area contributed by atoms with E-state index >= 15 is 0 Å². The van der Waals surface area contributed by atoms with Gasteiger partial charge in [0.1, 0.15) is 6.10 Å². The van der Waals surface area contributed by atoms with Crippen molar-refractivity contribution < 1.29 is 19.8 Å². The molecule has 20 heavy (non-hydrogen) atoms. The summed E-state index contributed by atoms with van der Waals surface area (Å²) in [5, 5.41) is 20.7. The number of rotatable bonds is 8. The van der Waals surface area contributed by atoms with Crippen molar-refractivity contribution in [2.75, 3.05) is 13.2 Å². The molecule has 1 aromatic carbocycles. The van der Waals surface area contributed by atoms with Gasteiger partial charge >= 0.3 is 0 Å². The van der Waals surface area contributed by atoms with E-state index in [1.54, 1.807) is 24.3 Å². The monoisotopic (exact) mass is 279 g/mol. The molecule has 1 radical (unpaired) electrons. The van der Waals surface area contributed by atoms with E-state index in [2.05, 4.69) is 5.32 Å². The molecule has 1 atom stereocenters. The van der Waals surface area contributed by atoms with Gasteiger partial charge in [-0.3, -0.25) is 9.59 Å². The summed E-state index contributed by atoms with van der Waals surface area (Å²) < 4.78 is 0. The van der Waals surface area contributed by atoms with Gasteiger partial charge in [0.15, 0.2) is 0 Å². The van der Waals surface area contributed by atoms with Crippen LogP contribution in [-0.4, -0.2) is 41.3 Å². The van der Waals surface area contributed by atoms with Crippen LogP contribution in [0.3, 0.4) is 0 Å². The molecule has 0 aliphatic heterocycles. The molecule has 0 saturated heterocycles. The second-order valence-corrected chi connectivity index (χ2v) is 4.27. The van der Waals surface area contributed by atoms with Gasteiger partial charge in [-0.25, -0.2) is 0 Å². The van der Waals surface area contributed by atoms with Crippen molar-refractivity contribution in [3.05, 3.63) is 41.8 Å². The molecule has 0 bridgehead atoms. The van der Waals surface area contributed by atoms with Crippen molar-refractivity contribution >= 4 is 11.8 Å². The van der Waals surface area contributed by atoms with E-state index in [4.69, 9.17) is 10.8 Å². The first-order valence-electron chi connectivity index (χ1n) is 6.34. The van der Waals surface area contributed by atoms with Gasteiger partial charge < -0.3 is 21.3 Å². The Bertz CT molecular complexity index is 462. The number of nitrogens with one attached hydrogen (secondary N) is 1. The van der Waals surface area contributed by atoms with E-state index in [-0.39, 0.29) is 13.0 Å². The maximum atomic E-state index is 11.5. The summed E-state index contributed by atoms with van der Waals surface area (Å²) in [4.78, 5) is 22.7. The Hall–Kier alpha value is -1.92. The predicted molar refractivity (Wildman–Crippen MR) is 73.7 cm³/mol. The minimum Gasteiger partial charge on any atom is -0.396 e. The number of hydrogen-bond donors (Lipinski definition) is 4. The third-order valence-electron chi connectivity index (χ3n) is 2.75. The number of nitrogens with two attached hydrogens (primary N) is 1. The minimum atomic E-state index is -1.27. The van der Waals surface area contributed by atoms with Crippen LogP contribution in [0.5, 0.6) is 0 Å². The van der Waals surface area contributed by atoms with Gasteiger partial charge in [-0.05, 0) is 24.5 Å². The Labute approximate surface area is 117 Å². The average Bonchev–Trinajstić information content (AvgIpc) is 2.45. The average molecular weight is 279 g/mol. The van der Waals surface area contributed by atoms with Crippen molar-refractivity contribution in [2.24, 2.45) is 5.73 Å². The summed E-state index contributed by atoms with van der Waals surface area (Å²) >= 11 is 0. The zero-order valence-electron chi connectivity index (χ0n) is 11.1. The zero-order chi connectivity index (χ0) is 15.0. The lowest BCUT2D eigenvalue weighted by Gasteiger charge is -2.12. The molecule has 0 fully saturated rings. The van der Waals surface area contributed by atoms with Crippen LogP contribution in [0.2, 0.25) is 0 Å². The Balaban J connectivity index is 2.50. The summed E-state index contributed by atoms with van der Waals surface area (Å²) in [7, 11) is 0. The molecule has 2 amide bonds. The van der Waals surface area contributed by atoms with Crippen LogP contribution < -0.4 is 11.1 Å². The molecule has 0 aliphatic carbocycles. The Morgan fingerprint density at radius 1 is 1.35 bits per heavy atom. The van der Waals surface area contributed by atoms with Gasteiger partial charge in [0.2, 0.25) is 11.8 Å². The van der Waals surface area contributed by atoms with E-state index in [1.165, 1.54) is 6.42 Å². The molecule has 1 aromatic rings. The van der Waals surface area contributed by atoms with Crippen LogP contribution in [0.25, 0.3) is 0 Å². The summed E-state index contributed by atoms with van der Waals surface area (Å²) in [5.74, 6) is -1.08. The molecular weight excluding hydrogens is 260 g/mol. The number of carbonyl (C=O) groups excluding carboxylic acids is 2. The van der Waals surface area contributed by atoms with Gasteiger partial charge in [0.05, 0.1) is 0 Å². The molecule has 6 heteroatoms. The van der Waals surface area contributed by atoms with Crippen molar-refractivity contribution in [3.63, 3.8) is 0 Å². The van der Waals surface area contributed by atoms with Crippen LogP contribution in [0.15, 0.2) is 24.3 Å². The molecule has 0 aliphatic rings. The van der Waals surface area contributed by atoms with Gasteiger partial charge in [0.25, 0.3) is 0 Å². The van der Waals surface area contributed by atoms with E-state index in [0.717, 1.165) is 0 Å². The molecule has 5 N–H and O–H groups in total. The fourth-order valence-corrected chi connectivity index (χ4v) is 1.68. The highest BCUT2D eigenvalue weighted by molar-refractivity contribution is 5.94. The molecular formula is C14H19N2O4. The number of aliphatic hydroxyl groups is 2. The van der Waals surface area contributed by atoms with Crippen LogP contribution in [0.1, 0.15) is 22.3 Å². The van der Waals surface area contributed by atoms with Crippen LogP contribution in [-0.2, 0) is 11.2 Å². The Kier molecular flexibility index (Phi) is 6.69. The molecule has 0 heterocycles. The van der Waals surface area contributed by atoms with E-state index in [0.29, 0.717) is 24.1 Å². The van der Waals surface area contributed by atoms with E-state index in [1.807, 2.05) is 0 Å². The molecule has 109 valence electrons. The first-order chi connectivity index (χ1) is 9.56. The minimum absolute atomic E-state index is 0.0217. The van der Waals surface area contributed by atoms with Gasteiger partial charge in [-0.15, -0.1) is 0 Å². The first kappa shape index (κ1) is 16.1. The number of hydrogen-bond acceptors (Lipinski definition) is 4. The molecule has 6 nitrogen and oxygen atoms in total. The highest BCUT2D eigenvalue weighted by Gasteiger charge is 2.16. The largest absolute Gasteiger partial charge is 0.396 e. The van der Waals surface area contributed by atoms with E-state index in [9.17, 15) is 14.7 Å². The van der Waals surface area contributed by atoms with Crippen LogP contribution in [0, 0.1) is 6.42 Å². The molecule has 0 aromatic heterocycles. The maximum absolute atomic E-state index is 11.5. The van der Waals surface area contributed by atoms with Gasteiger partial charge in [-0.1, -0.05) is 18.2 Å². The van der Waals surface area contributed by atoms with Crippen molar-refractivity contribution in [3.8, 4) is 0 Å². The smallest absolute Gasteiger partial charge is 0.249 e. The fraction of sp³-hybridized carbons (Fsp3) is 0.357. The zero-order valence-corrected chi connectivity index (χ0v) is 11.1. The van der Waals surface area contributed by atoms with Crippen molar-refractivity contribution in [2.45, 2.75) is 18.9 Å². The quantitative estimate of drug-likeness (QED) is 0.475. The third-order valence-corrected chi connectivity index (χ3v) is 2.75. The number of benzene rings is 1. The number of amides is 2. The molecule has 0 saturated carbocycles. The SMILES string of the molecule is NC(=O)c1ccccc1C[CH][C@H](O)C(=O)NCCCO. The van der Waals surface area contributed by atoms with Gasteiger partial charge in [-0.2, -0.15) is 0 Å². The summed E-state index contributed by atoms with van der Waals surface area (Å²) in [6, 6.07) is 6.76. The first-order valence-corrected chi connectivity index (χ1v) is 6.34. The summed E-state index contributed by atoms with van der Waals surface area (Å²) in [6.07, 6.45) is 0.821.